The fourth-order valence-corrected chi connectivity index (χ4v) is 3.92. The number of alkyl halides is 7. The lowest BCUT2D eigenvalue weighted by molar-refractivity contribution is -0.249. The first kappa shape index (κ1) is 25.8. The third-order valence-corrected chi connectivity index (χ3v) is 5.52. The van der Waals surface area contributed by atoms with Crippen molar-refractivity contribution in [2.45, 2.75) is 50.1 Å². The van der Waals surface area contributed by atoms with E-state index in [9.17, 15) is 39.5 Å². The molecule has 3 rings (SSSR count). The Morgan fingerprint density at radius 3 is 2.00 bits per heavy atom. The van der Waals surface area contributed by atoms with Crippen LogP contribution < -0.4 is 0 Å². The van der Waals surface area contributed by atoms with Gasteiger partial charge >= 0.3 is 12.1 Å². The van der Waals surface area contributed by atoms with Crippen molar-refractivity contribution in [1.82, 2.24) is 0 Å². The van der Waals surface area contributed by atoms with Gasteiger partial charge in [-0.1, -0.05) is 43.7 Å². The molecule has 0 heterocycles. The molecule has 1 aliphatic rings. The fraction of sp³-hybridized carbons (Fsp3) is 0.333. The van der Waals surface area contributed by atoms with Gasteiger partial charge in [-0.15, -0.1) is 0 Å². The van der Waals surface area contributed by atoms with Crippen LogP contribution in [0, 0.1) is 11.6 Å². The first-order valence-corrected chi connectivity index (χ1v) is 10.2. The van der Waals surface area contributed by atoms with Gasteiger partial charge in [0, 0.05) is 12.0 Å². The molecule has 184 valence electrons. The SMILES string of the molecule is CCCc1ccc(C2(F)CC=CC(F)=C2c2cc(F)c(C(F)(F)C(F)C(F)(F)F)c(F)c2)cc1. The molecule has 0 amide bonds. The third-order valence-electron chi connectivity index (χ3n) is 5.52. The number of rotatable bonds is 6. The van der Waals surface area contributed by atoms with Crippen LogP contribution in [0.15, 0.2) is 54.4 Å². The van der Waals surface area contributed by atoms with E-state index in [0.717, 1.165) is 24.1 Å². The number of benzene rings is 2. The van der Waals surface area contributed by atoms with E-state index in [1.165, 1.54) is 12.1 Å². The molecule has 0 aliphatic heterocycles. The van der Waals surface area contributed by atoms with Crippen LogP contribution in [-0.2, 0) is 18.0 Å². The van der Waals surface area contributed by atoms with Gasteiger partial charge in [-0.05, 0) is 41.3 Å². The Labute approximate surface area is 188 Å². The van der Waals surface area contributed by atoms with Crippen molar-refractivity contribution in [3.63, 3.8) is 0 Å². The van der Waals surface area contributed by atoms with Crippen molar-refractivity contribution >= 4 is 5.57 Å². The summed E-state index contributed by atoms with van der Waals surface area (Å²) >= 11 is 0. The molecule has 0 radical (unpaired) electrons. The molecule has 0 N–H and O–H groups in total. The smallest absolute Gasteiger partial charge is 0.233 e. The molecule has 2 aromatic rings. The topological polar surface area (TPSA) is 0 Å². The quantitative estimate of drug-likeness (QED) is 0.352. The Kier molecular flexibility index (Phi) is 6.92. The second-order valence-corrected chi connectivity index (χ2v) is 7.92. The van der Waals surface area contributed by atoms with E-state index < -0.39 is 64.5 Å². The first-order valence-electron chi connectivity index (χ1n) is 10.2. The number of aryl methyl sites for hydroxylation is 1. The molecule has 10 heteroatoms. The first-order chi connectivity index (χ1) is 15.7. The molecule has 2 atom stereocenters. The zero-order valence-corrected chi connectivity index (χ0v) is 17.6. The molecule has 2 aromatic carbocycles. The minimum Gasteiger partial charge on any atom is -0.233 e. The molecular weight excluding hydrogens is 478 g/mol. The third kappa shape index (κ3) is 4.59. The van der Waals surface area contributed by atoms with E-state index in [1.54, 1.807) is 12.1 Å². The van der Waals surface area contributed by atoms with Gasteiger partial charge in [-0.25, -0.2) is 22.0 Å². The summed E-state index contributed by atoms with van der Waals surface area (Å²) < 4.78 is 139. The summed E-state index contributed by atoms with van der Waals surface area (Å²) in [5.74, 6) is -11.4. The molecule has 0 spiro atoms. The standard InChI is InChI=1S/C24H18F10/c1-2-4-13-6-8-15(9-7-13)22(29)10-3-5-16(25)19(22)14-11-17(26)20(18(27)12-14)23(30,31)21(28)24(32,33)34/h3,5-9,11-12,21H,2,4,10H2,1H3. The highest BCUT2D eigenvalue weighted by Crippen LogP contribution is 2.50. The van der Waals surface area contributed by atoms with Gasteiger partial charge in [0.05, 0.1) is 5.56 Å². The summed E-state index contributed by atoms with van der Waals surface area (Å²) in [5.41, 5.74) is -6.13. The van der Waals surface area contributed by atoms with Crippen LogP contribution >= 0.6 is 0 Å². The van der Waals surface area contributed by atoms with Gasteiger partial charge in [0.25, 0.3) is 6.17 Å². The van der Waals surface area contributed by atoms with Crippen molar-refractivity contribution in [2.75, 3.05) is 0 Å². The zero-order chi connectivity index (χ0) is 25.5. The predicted octanol–water partition coefficient (Wildman–Crippen LogP) is 8.42. The molecule has 0 aromatic heterocycles. The molecule has 1 aliphatic carbocycles. The second-order valence-electron chi connectivity index (χ2n) is 7.92. The molecule has 0 fully saturated rings. The minimum atomic E-state index is -6.11. The highest BCUT2D eigenvalue weighted by atomic mass is 19.4. The number of hydrogen-bond donors (Lipinski definition) is 0. The maximum Gasteiger partial charge on any atom is 0.426 e. The monoisotopic (exact) mass is 496 g/mol. The van der Waals surface area contributed by atoms with Crippen molar-refractivity contribution in [2.24, 2.45) is 0 Å². The Hall–Kier alpha value is -2.78. The summed E-state index contributed by atoms with van der Waals surface area (Å²) in [5, 5.41) is 0. The van der Waals surface area contributed by atoms with Crippen molar-refractivity contribution in [3.05, 3.63) is 88.3 Å². The van der Waals surface area contributed by atoms with Crippen LogP contribution in [0.4, 0.5) is 43.9 Å². The zero-order valence-electron chi connectivity index (χ0n) is 17.6. The van der Waals surface area contributed by atoms with E-state index in [1.807, 2.05) is 6.92 Å². The number of allylic oxidation sites excluding steroid dienone is 4. The van der Waals surface area contributed by atoms with Crippen molar-refractivity contribution in [3.8, 4) is 0 Å². The van der Waals surface area contributed by atoms with E-state index >= 15 is 4.39 Å². The summed E-state index contributed by atoms with van der Waals surface area (Å²) in [6.45, 7) is 1.92. The van der Waals surface area contributed by atoms with E-state index in [2.05, 4.69) is 0 Å². The normalized spacial score (nSPS) is 20.1. The van der Waals surface area contributed by atoms with Crippen LogP contribution in [0.25, 0.3) is 5.57 Å². The number of hydrogen-bond acceptors (Lipinski definition) is 0. The summed E-state index contributed by atoms with van der Waals surface area (Å²) in [7, 11) is 0. The Morgan fingerprint density at radius 1 is 0.941 bits per heavy atom. The van der Waals surface area contributed by atoms with Gasteiger partial charge in [0.1, 0.15) is 17.5 Å². The highest BCUT2D eigenvalue weighted by molar-refractivity contribution is 5.78. The Morgan fingerprint density at radius 2 is 1.50 bits per heavy atom. The lowest BCUT2D eigenvalue weighted by Gasteiger charge is -2.31. The average molecular weight is 496 g/mol. The number of halogens is 10. The van der Waals surface area contributed by atoms with Crippen LogP contribution in [0.5, 0.6) is 0 Å². The van der Waals surface area contributed by atoms with E-state index in [4.69, 9.17) is 0 Å². The van der Waals surface area contributed by atoms with Gasteiger partial charge in [-0.2, -0.15) is 22.0 Å². The molecule has 0 saturated carbocycles. The largest absolute Gasteiger partial charge is 0.426 e. The van der Waals surface area contributed by atoms with Crippen LogP contribution in [0.1, 0.15) is 42.0 Å². The Balaban J connectivity index is 2.13. The molecule has 0 saturated heterocycles. The summed E-state index contributed by atoms with van der Waals surface area (Å²) in [6, 6.07) is 6.01. The average Bonchev–Trinajstić information content (AvgIpc) is 2.72. The lowest BCUT2D eigenvalue weighted by Crippen LogP contribution is -2.40. The molecule has 2 unspecified atom stereocenters. The van der Waals surface area contributed by atoms with Crippen LogP contribution in [0.2, 0.25) is 0 Å². The van der Waals surface area contributed by atoms with Gasteiger partial charge in [0.2, 0.25) is 0 Å². The molecule has 0 nitrogen and oxygen atoms in total. The maximum atomic E-state index is 16.2. The van der Waals surface area contributed by atoms with Crippen molar-refractivity contribution < 1.29 is 43.9 Å². The van der Waals surface area contributed by atoms with E-state index in [0.29, 0.717) is 6.42 Å². The highest BCUT2D eigenvalue weighted by Gasteiger charge is 2.59. The van der Waals surface area contributed by atoms with Gasteiger partial charge in [0.15, 0.2) is 5.67 Å². The molecular formula is C24H18F10. The second kappa shape index (κ2) is 9.11. The lowest BCUT2D eigenvalue weighted by atomic mass is 9.78. The van der Waals surface area contributed by atoms with Crippen LogP contribution in [0.3, 0.4) is 0 Å². The molecule has 34 heavy (non-hydrogen) atoms. The maximum absolute atomic E-state index is 16.2. The summed E-state index contributed by atoms with van der Waals surface area (Å²) in [6.07, 6.45) is -8.05. The predicted molar refractivity (Wildman–Crippen MR) is 106 cm³/mol. The molecule has 0 bridgehead atoms. The van der Waals surface area contributed by atoms with Crippen molar-refractivity contribution in [1.29, 1.82) is 0 Å². The van der Waals surface area contributed by atoms with Crippen LogP contribution in [-0.4, -0.2) is 12.3 Å². The fourth-order valence-electron chi connectivity index (χ4n) is 3.92. The van der Waals surface area contributed by atoms with E-state index in [-0.39, 0.29) is 17.7 Å². The van der Waals surface area contributed by atoms with Gasteiger partial charge < -0.3 is 0 Å². The Bertz CT molecular complexity index is 1090. The van der Waals surface area contributed by atoms with Gasteiger partial charge in [-0.3, -0.25) is 0 Å². The minimum absolute atomic E-state index is 0.0727. The summed E-state index contributed by atoms with van der Waals surface area (Å²) in [4.78, 5) is 0.